The number of nitrogens with two attached hydrogens (primary N) is 1. The normalized spacial score (nSPS) is 11.0. The van der Waals surface area contributed by atoms with Gasteiger partial charge >= 0.3 is 0 Å². The van der Waals surface area contributed by atoms with Crippen LogP contribution in [-0.2, 0) is 10.0 Å². The van der Waals surface area contributed by atoms with E-state index in [2.05, 4.69) is 10.3 Å². The van der Waals surface area contributed by atoms with Gasteiger partial charge in [-0.05, 0) is 48.5 Å². The Bertz CT molecular complexity index is 927. The predicted octanol–water partition coefficient (Wildman–Crippen LogP) is 3.26. The van der Waals surface area contributed by atoms with E-state index in [0.717, 1.165) is 5.75 Å². The molecular weight excluding hydrogens is 326 g/mol. The molecule has 6 nitrogen and oxygen atoms in total. The summed E-state index contributed by atoms with van der Waals surface area (Å²) in [5.74, 6) is 1.58. The Morgan fingerprint density at radius 1 is 0.875 bits per heavy atom. The molecule has 0 aliphatic carbocycles. The van der Waals surface area contributed by atoms with Crippen LogP contribution in [0.15, 0.2) is 77.8 Å². The molecule has 0 aliphatic rings. The lowest BCUT2D eigenvalue weighted by molar-refractivity contribution is 0.483. The van der Waals surface area contributed by atoms with Crippen molar-refractivity contribution in [3.8, 4) is 11.5 Å². The van der Waals surface area contributed by atoms with E-state index in [1.165, 1.54) is 18.3 Å². The summed E-state index contributed by atoms with van der Waals surface area (Å²) < 4.78 is 28.9. The molecule has 122 valence electrons. The molecule has 3 rings (SSSR count). The van der Waals surface area contributed by atoms with Gasteiger partial charge in [-0.25, -0.2) is 18.5 Å². The summed E-state index contributed by atoms with van der Waals surface area (Å²) in [4.78, 5) is 3.97. The van der Waals surface area contributed by atoms with Crippen LogP contribution < -0.4 is 15.2 Å². The molecular formula is C17H15N3O3S. The van der Waals surface area contributed by atoms with Crippen LogP contribution in [0.5, 0.6) is 11.5 Å². The summed E-state index contributed by atoms with van der Waals surface area (Å²) in [7, 11) is -3.85. The smallest absolute Gasteiger partial charge is 0.241 e. The third-order valence-electron chi connectivity index (χ3n) is 3.17. The van der Waals surface area contributed by atoms with Gasteiger partial charge in [0.25, 0.3) is 0 Å². The van der Waals surface area contributed by atoms with Gasteiger partial charge in [0.1, 0.15) is 16.4 Å². The number of nitrogens with one attached hydrogen (secondary N) is 1. The molecule has 24 heavy (non-hydrogen) atoms. The molecule has 0 saturated heterocycles. The predicted molar refractivity (Wildman–Crippen MR) is 91.9 cm³/mol. The van der Waals surface area contributed by atoms with E-state index < -0.39 is 10.0 Å². The quantitative estimate of drug-likeness (QED) is 0.743. The molecule has 3 aromatic rings. The zero-order chi connectivity index (χ0) is 17.0. The minimum atomic E-state index is -3.85. The molecule has 0 bridgehead atoms. The highest BCUT2D eigenvalue weighted by Gasteiger charge is 2.14. The summed E-state index contributed by atoms with van der Waals surface area (Å²) in [6.07, 6.45) is 1.49. The maximum Gasteiger partial charge on any atom is 0.241 e. The first-order chi connectivity index (χ1) is 11.5. The first kappa shape index (κ1) is 16.0. The maximum atomic E-state index is 11.6. The Morgan fingerprint density at radius 3 is 2.21 bits per heavy atom. The first-order valence-electron chi connectivity index (χ1n) is 7.10. The fourth-order valence-corrected chi connectivity index (χ4v) is 2.72. The molecule has 0 fully saturated rings. The van der Waals surface area contributed by atoms with Gasteiger partial charge in [0.2, 0.25) is 10.0 Å². The van der Waals surface area contributed by atoms with E-state index in [0.29, 0.717) is 11.4 Å². The molecule has 1 heterocycles. The second-order valence-electron chi connectivity index (χ2n) is 4.96. The lowest BCUT2D eigenvalue weighted by Crippen LogP contribution is -2.14. The summed E-state index contributed by atoms with van der Waals surface area (Å²) in [6, 6.07) is 19.4. The van der Waals surface area contributed by atoms with Crippen molar-refractivity contribution < 1.29 is 13.2 Å². The summed E-state index contributed by atoms with van der Waals surface area (Å²) >= 11 is 0. The monoisotopic (exact) mass is 341 g/mol. The third kappa shape index (κ3) is 3.89. The van der Waals surface area contributed by atoms with Crippen molar-refractivity contribution in [2.75, 3.05) is 5.32 Å². The number of sulfonamides is 1. The van der Waals surface area contributed by atoms with Gasteiger partial charge in [-0.3, -0.25) is 0 Å². The largest absolute Gasteiger partial charge is 0.457 e. The highest BCUT2D eigenvalue weighted by Crippen LogP contribution is 2.25. The zero-order valence-corrected chi connectivity index (χ0v) is 13.4. The van der Waals surface area contributed by atoms with Crippen LogP contribution in [0, 0.1) is 0 Å². The zero-order valence-electron chi connectivity index (χ0n) is 12.6. The van der Waals surface area contributed by atoms with Crippen molar-refractivity contribution in [3.63, 3.8) is 0 Å². The molecule has 3 N–H and O–H groups in total. The Morgan fingerprint density at radius 2 is 1.54 bits per heavy atom. The topological polar surface area (TPSA) is 94.3 Å². The van der Waals surface area contributed by atoms with Crippen molar-refractivity contribution in [1.29, 1.82) is 0 Å². The van der Waals surface area contributed by atoms with Crippen molar-refractivity contribution in [2.45, 2.75) is 4.90 Å². The van der Waals surface area contributed by atoms with Gasteiger partial charge in [0.15, 0.2) is 5.82 Å². The highest BCUT2D eigenvalue weighted by molar-refractivity contribution is 7.89. The van der Waals surface area contributed by atoms with Crippen LogP contribution in [-0.4, -0.2) is 13.4 Å². The Balaban J connectivity index is 1.78. The van der Waals surface area contributed by atoms with Crippen molar-refractivity contribution in [2.24, 2.45) is 5.14 Å². The molecule has 0 saturated carbocycles. The molecule has 0 radical (unpaired) electrons. The second kappa shape index (κ2) is 6.69. The van der Waals surface area contributed by atoms with E-state index in [9.17, 15) is 8.42 Å². The number of primary sulfonamides is 1. The number of hydrogen-bond donors (Lipinski definition) is 2. The van der Waals surface area contributed by atoms with E-state index in [4.69, 9.17) is 9.88 Å². The highest BCUT2D eigenvalue weighted by atomic mass is 32.2. The molecule has 1 aromatic heterocycles. The van der Waals surface area contributed by atoms with Gasteiger partial charge in [-0.2, -0.15) is 0 Å². The van der Waals surface area contributed by atoms with E-state index >= 15 is 0 Å². The SMILES string of the molecule is NS(=O)(=O)c1cccnc1Nc1ccc(Oc2ccccc2)cc1. The van der Waals surface area contributed by atoms with Crippen LogP contribution in [0.3, 0.4) is 0 Å². The van der Waals surface area contributed by atoms with Crippen LogP contribution in [0.4, 0.5) is 11.5 Å². The Hall–Kier alpha value is -2.90. The number of aromatic nitrogens is 1. The number of anilines is 2. The van der Waals surface area contributed by atoms with E-state index in [1.54, 1.807) is 24.3 Å². The van der Waals surface area contributed by atoms with E-state index in [1.807, 2.05) is 30.3 Å². The number of ether oxygens (including phenoxy) is 1. The minimum Gasteiger partial charge on any atom is -0.457 e. The second-order valence-corrected chi connectivity index (χ2v) is 6.49. The van der Waals surface area contributed by atoms with Crippen LogP contribution in [0.2, 0.25) is 0 Å². The fraction of sp³-hybridized carbons (Fsp3) is 0. The Kier molecular flexibility index (Phi) is 4.45. The molecule has 0 spiro atoms. The standard InChI is InChI=1S/C17H15N3O3S/c18-24(21,22)16-7-4-12-19-17(16)20-13-8-10-15(11-9-13)23-14-5-2-1-3-6-14/h1-12H,(H,19,20)(H2,18,21,22). The number of pyridine rings is 1. The van der Waals surface area contributed by atoms with Gasteiger partial charge in [-0.15, -0.1) is 0 Å². The molecule has 0 atom stereocenters. The lowest BCUT2D eigenvalue weighted by Gasteiger charge is -2.10. The Labute approximate surface area is 140 Å². The number of rotatable bonds is 5. The van der Waals surface area contributed by atoms with E-state index in [-0.39, 0.29) is 10.7 Å². The van der Waals surface area contributed by atoms with Gasteiger partial charge in [0.05, 0.1) is 0 Å². The summed E-state index contributed by atoms with van der Waals surface area (Å²) in [5.41, 5.74) is 0.666. The average molecular weight is 341 g/mol. The van der Waals surface area contributed by atoms with Crippen LogP contribution in [0.1, 0.15) is 0 Å². The fourth-order valence-electron chi connectivity index (χ4n) is 2.08. The third-order valence-corrected chi connectivity index (χ3v) is 4.12. The van der Waals surface area contributed by atoms with Crippen LogP contribution in [0.25, 0.3) is 0 Å². The van der Waals surface area contributed by atoms with Crippen molar-refractivity contribution >= 4 is 21.5 Å². The van der Waals surface area contributed by atoms with Crippen LogP contribution >= 0.6 is 0 Å². The number of benzene rings is 2. The molecule has 7 heteroatoms. The minimum absolute atomic E-state index is 0.0605. The van der Waals surface area contributed by atoms with Gasteiger partial charge < -0.3 is 10.1 Å². The summed E-state index contributed by atoms with van der Waals surface area (Å²) in [5, 5.41) is 8.14. The first-order valence-corrected chi connectivity index (χ1v) is 8.65. The van der Waals surface area contributed by atoms with Crippen molar-refractivity contribution in [3.05, 3.63) is 72.9 Å². The van der Waals surface area contributed by atoms with Gasteiger partial charge in [0, 0.05) is 11.9 Å². The lowest BCUT2D eigenvalue weighted by atomic mass is 10.3. The number of nitrogens with zero attached hydrogens (tertiary/aromatic N) is 1. The number of para-hydroxylation sites is 1. The number of hydrogen-bond acceptors (Lipinski definition) is 5. The summed E-state index contributed by atoms with van der Waals surface area (Å²) in [6.45, 7) is 0. The molecule has 2 aromatic carbocycles. The van der Waals surface area contributed by atoms with Gasteiger partial charge in [-0.1, -0.05) is 18.2 Å². The maximum absolute atomic E-state index is 11.6. The molecule has 0 unspecified atom stereocenters. The average Bonchev–Trinajstić information content (AvgIpc) is 2.57. The molecule has 0 aliphatic heterocycles. The van der Waals surface area contributed by atoms with Crippen molar-refractivity contribution in [1.82, 2.24) is 4.98 Å². The molecule has 0 amide bonds.